The number of rotatable bonds is 5. The van der Waals surface area contributed by atoms with Crippen LogP contribution in [-0.4, -0.2) is 54.4 Å². The van der Waals surface area contributed by atoms with Crippen molar-refractivity contribution in [2.45, 2.75) is 11.1 Å². The molecular formula is C17H17N3O6S. The topological polar surface area (TPSA) is 130 Å². The summed E-state index contributed by atoms with van der Waals surface area (Å²) >= 11 is 0. The van der Waals surface area contributed by atoms with E-state index in [1.165, 1.54) is 24.3 Å². The van der Waals surface area contributed by atoms with Gasteiger partial charge in [0.15, 0.2) is 10.7 Å². The van der Waals surface area contributed by atoms with E-state index in [1.807, 2.05) is 0 Å². The van der Waals surface area contributed by atoms with Gasteiger partial charge in [-0.25, -0.2) is 8.42 Å². The quantitative estimate of drug-likeness (QED) is 0.437. The summed E-state index contributed by atoms with van der Waals surface area (Å²) in [7, 11) is -4.38. The molecule has 9 nitrogen and oxygen atoms in total. The summed E-state index contributed by atoms with van der Waals surface area (Å²) in [6, 6.07) is 11.5. The van der Waals surface area contributed by atoms with E-state index in [2.05, 4.69) is 5.32 Å². The number of carbonyl (C=O) groups is 1. The number of benzene rings is 2. The Hall–Kier alpha value is -2.66. The van der Waals surface area contributed by atoms with Crippen LogP contribution in [0.1, 0.15) is 15.9 Å². The van der Waals surface area contributed by atoms with Crippen LogP contribution in [0.15, 0.2) is 53.4 Å². The van der Waals surface area contributed by atoms with E-state index in [4.69, 9.17) is 0 Å². The number of nitro benzene ring substituents is 1. The second-order valence-electron chi connectivity index (χ2n) is 5.91. The van der Waals surface area contributed by atoms with E-state index in [0.29, 0.717) is 6.54 Å². The van der Waals surface area contributed by atoms with Gasteiger partial charge in [-0.15, -0.1) is 0 Å². The van der Waals surface area contributed by atoms with Crippen molar-refractivity contribution in [1.82, 2.24) is 9.62 Å². The molecule has 0 spiro atoms. The lowest BCUT2D eigenvalue weighted by atomic mass is 10.0. The van der Waals surface area contributed by atoms with Crippen LogP contribution in [-0.2, 0) is 10.0 Å². The Labute approximate surface area is 155 Å². The number of carbonyl (C=O) groups excluding carboxylic acids is 1. The molecule has 1 aliphatic heterocycles. The van der Waals surface area contributed by atoms with Crippen LogP contribution in [0.3, 0.4) is 0 Å². The number of nitro groups is 1. The third-order valence-electron chi connectivity index (χ3n) is 4.22. The predicted octanol–water partition coefficient (Wildman–Crippen LogP) is 0.738. The summed E-state index contributed by atoms with van der Waals surface area (Å²) in [6.07, 6.45) is -1.35. The van der Waals surface area contributed by atoms with Gasteiger partial charge in [-0.05, 0) is 12.1 Å². The van der Waals surface area contributed by atoms with Crippen molar-refractivity contribution in [1.29, 1.82) is 0 Å². The minimum atomic E-state index is -4.38. The first-order valence-electron chi connectivity index (χ1n) is 8.12. The molecule has 0 amide bonds. The number of nitrogens with zero attached hydrogens (tertiary/aromatic N) is 2. The molecule has 2 aromatic rings. The Kier molecular flexibility index (Phi) is 5.33. The first-order chi connectivity index (χ1) is 12.8. The van der Waals surface area contributed by atoms with Crippen LogP contribution in [0, 0.1) is 10.1 Å². The minimum Gasteiger partial charge on any atom is -0.376 e. The SMILES string of the molecule is O=C(c1ccccc1)c1cccc(S(=O)(=O)N2CCNCC2O)c1[N+](=O)[O-]. The second kappa shape index (κ2) is 7.53. The lowest BCUT2D eigenvalue weighted by molar-refractivity contribution is -0.388. The van der Waals surface area contributed by atoms with Crippen LogP contribution in [0.4, 0.5) is 5.69 Å². The average molecular weight is 391 g/mol. The largest absolute Gasteiger partial charge is 0.376 e. The highest BCUT2D eigenvalue weighted by Gasteiger charge is 2.39. The molecule has 0 bridgehead atoms. The highest BCUT2D eigenvalue weighted by molar-refractivity contribution is 7.89. The molecule has 1 saturated heterocycles. The van der Waals surface area contributed by atoms with Crippen LogP contribution >= 0.6 is 0 Å². The van der Waals surface area contributed by atoms with Crippen molar-refractivity contribution < 1.29 is 23.2 Å². The zero-order valence-electron chi connectivity index (χ0n) is 14.1. The summed E-state index contributed by atoms with van der Waals surface area (Å²) < 4.78 is 26.7. The van der Waals surface area contributed by atoms with Gasteiger partial charge in [0.25, 0.3) is 10.0 Å². The molecule has 2 aromatic carbocycles. The number of hydrogen-bond donors (Lipinski definition) is 2. The molecule has 0 saturated carbocycles. The van der Waals surface area contributed by atoms with Crippen molar-refractivity contribution >= 4 is 21.5 Å². The van der Waals surface area contributed by atoms with E-state index in [1.54, 1.807) is 18.2 Å². The maximum atomic E-state index is 13.0. The zero-order valence-corrected chi connectivity index (χ0v) is 14.9. The number of ketones is 1. The number of aliphatic hydroxyl groups excluding tert-OH is 1. The van der Waals surface area contributed by atoms with E-state index < -0.39 is 37.5 Å². The van der Waals surface area contributed by atoms with Crippen LogP contribution in [0.2, 0.25) is 0 Å². The fourth-order valence-corrected chi connectivity index (χ4v) is 4.58. The van der Waals surface area contributed by atoms with Crippen LogP contribution < -0.4 is 5.32 Å². The average Bonchev–Trinajstić information content (AvgIpc) is 2.67. The van der Waals surface area contributed by atoms with Crippen molar-refractivity contribution in [3.8, 4) is 0 Å². The van der Waals surface area contributed by atoms with Crippen molar-refractivity contribution in [3.05, 3.63) is 69.8 Å². The number of piperazine rings is 1. The molecular weight excluding hydrogens is 374 g/mol. The Morgan fingerprint density at radius 3 is 2.52 bits per heavy atom. The zero-order chi connectivity index (χ0) is 19.6. The van der Waals surface area contributed by atoms with Crippen LogP contribution in [0.25, 0.3) is 0 Å². The molecule has 0 aliphatic carbocycles. The standard InChI is InChI=1S/C17H17N3O6S/c21-15-11-18-9-10-19(15)27(25,26)14-8-4-7-13(16(14)20(23)24)17(22)12-5-2-1-3-6-12/h1-8,15,18,21H,9-11H2. The first kappa shape index (κ1) is 19.1. The van der Waals surface area contributed by atoms with Gasteiger partial charge < -0.3 is 10.4 Å². The Balaban J connectivity index is 2.15. The minimum absolute atomic E-state index is 0.00959. The molecule has 1 heterocycles. The van der Waals surface area contributed by atoms with Gasteiger partial charge in [-0.3, -0.25) is 14.9 Å². The lowest BCUT2D eigenvalue weighted by Crippen LogP contribution is -2.53. The maximum Gasteiger partial charge on any atom is 0.300 e. The van der Waals surface area contributed by atoms with Gasteiger partial charge in [-0.2, -0.15) is 4.31 Å². The van der Waals surface area contributed by atoms with Crippen molar-refractivity contribution in [2.75, 3.05) is 19.6 Å². The smallest absolute Gasteiger partial charge is 0.300 e. The summed E-state index contributed by atoms with van der Waals surface area (Å²) in [6.45, 7) is 0.264. The molecule has 2 N–H and O–H groups in total. The summed E-state index contributed by atoms with van der Waals surface area (Å²) in [5, 5.41) is 24.5. The molecule has 1 fully saturated rings. The van der Waals surface area contributed by atoms with E-state index in [9.17, 15) is 28.4 Å². The van der Waals surface area contributed by atoms with Gasteiger partial charge >= 0.3 is 5.69 Å². The molecule has 0 aromatic heterocycles. The first-order valence-corrected chi connectivity index (χ1v) is 9.56. The Morgan fingerprint density at radius 1 is 1.19 bits per heavy atom. The molecule has 142 valence electrons. The maximum absolute atomic E-state index is 13.0. The predicted molar refractivity (Wildman–Crippen MR) is 95.7 cm³/mol. The molecule has 10 heteroatoms. The van der Waals surface area contributed by atoms with Crippen LogP contribution in [0.5, 0.6) is 0 Å². The van der Waals surface area contributed by atoms with Gasteiger partial charge in [-0.1, -0.05) is 36.4 Å². The molecule has 3 rings (SSSR count). The molecule has 1 aliphatic rings. The number of hydrogen-bond acceptors (Lipinski definition) is 7. The second-order valence-corrected chi connectivity index (χ2v) is 7.76. The van der Waals surface area contributed by atoms with Gasteiger partial charge in [0, 0.05) is 25.2 Å². The third kappa shape index (κ3) is 3.60. The fraction of sp³-hybridized carbons (Fsp3) is 0.235. The highest BCUT2D eigenvalue weighted by Crippen LogP contribution is 2.32. The number of β-amino-alcohol motifs (C(OH)–C–C–N with tert-alkyl or cyclic N) is 1. The monoisotopic (exact) mass is 391 g/mol. The van der Waals surface area contributed by atoms with Gasteiger partial charge in [0.2, 0.25) is 0 Å². The molecule has 1 atom stereocenters. The number of aliphatic hydroxyl groups is 1. The van der Waals surface area contributed by atoms with E-state index in [-0.39, 0.29) is 24.2 Å². The number of sulfonamides is 1. The van der Waals surface area contributed by atoms with Crippen molar-refractivity contribution in [3.63, 3.8) is 0 Å². The van der Waals surface area contributed by atoms with Gasteiger partial charge in [0.1, 0.15) is 11.8 Å². The van der Waals surface area contributed by atoms with Crippen molar-refractivity contribution in [2.24, 2.45) is 0 Å². The molecule has 1 unspecified atom stereocenters. The third-order valence-corrected chi connectivity index (χ3v) is 6.15. The lowest BCUT2D eigenvalue weighted by Gasteiger charge is -2.31. The molecule has 27 heavy (non-hydrogen) atoms. The Bertz CT molecular complexity index is 977. The Morgan fingerprint density at radius 2 is 1.89 bits per heavy atom. The molecule has 0 radical (unpaired) electrons. The van der Waals surface area contributed by atoms with E-state index in [0.717, 1.165) is 10.4 Å². The number of para-hydroxylation sites is 1. The summed E-state index contributed by atoms with van der Waals surface area (Å²) in [5.41, 5.74) is -0.911. The number of nitrogens with one attached hydrogen (secondary N) is 1. The van der Waals surface area contributed by atoms with E-state index >= 15 is 0 Å². The van der Waals surface area contributed by atoms with Gasteiger partial charge in [0.05, 0.1) is 4.92 Å². The summed E-state index contributed by atoms with van der Waals surface area (Å²) in [4.78, 5) is 22.9. The summed E-state index contributed by atoms with van der Waals surface area (Å²) in [5.74, 6) is -0.653. The fourth-order valence-electron chi connectivity index (χ4n) is 2.93. The normalized spacial score (nSPS) is 18.2. The highest BCUT2D eigenvalue weighted by atomic mass is 32.2.